The van der Waals surface area contributed by atoms with Crippen LogP contribution >= 0.6 is 11.6 Å². The van der Waals surface area contributed by atoms with E-state index >= 15 is 0 Å². The van der Waals surface area contributed by atoms with Crippen molar-refractivity contribution in [1.29, 1.82) is 0 Å². The number of methoxy groups -OCH3 is 1. The number of imidazole rings is 1. The van der Waals surface area contributed by atoms with Crippen molar-refractivity contribution in [2.24, 2.45) is 7.05 Å². The molecule has 0 aliphatic heterocycles. The zero-order chi connectivity index (χ0) is 20.7. The summed E-state index contributed by atoms with van der Waals surface area (Å²) in [6, 6.07) is 26.3. The normalized spacial score (nSPS) is 11.2. The summed E-state index contributed by atoms with van der Waals surface area (Å²) in [5, 5.41) is 0.715. The van der Waals surface area contributed by atoms with Gasteiger partial charge in [-0.05, 0) is 53.6 Å². The van der Waals surface area contributed by atoms with E-state index in [1.54, 1.807) is 7.11 Å². The van der Waals surface area contributed by atoms with Gasteiger partial charge in [0, 0.05) is 17.6 Å². The number of fused-ring (bicyclic) bond motifs is 1. The molecule has 0 aliphatic rings. The lowest BCUT2D eigenvalue weighted by Gasteiger charge is -2.06. The lowest BCUT2D eigenvalue weighted by Crippen LogP contribution is -1.92. The van der Waals surface area contributed by atoms with Gasteiger partial charge in [-0.1, -0.05) is 48.0 Å². The number of rotatable bonds is 4. The molecule has 1 N–H and O–H groups in total. The zero-order valence-corrected chi connectivity index (χ0v) is 17.4. The van der Waals surface area contributed by atoms with Gasteiger partial charge in [-0.2, -0.15) is 0 Å². The summed E-state index contributed by atoms with van der Waals surface area (Å²) in [4.78, 5) is 8.46. The number of nitrogens with one attached hydrogen (secondary N) is 1. The molecule has 0 atom stereocenters. The first kappa shape index (κ1) is 18.5. The average molecular weight is 414 g/mol. The van der Waals surface area contributed by atoms with Crippen molar-refractivity contribution in [2.45, 2.75) is 0 Å². The summed E-state index contributed by atoms with van der Waals surface area (Å²) in [6.07, 6.45) is 0. The summed E-state index contributed by atoms with van der Waals surface area (Å²) in [5.41, 5.74) is 7.33. The minimum absolute atomic E-state index is 0.715. The van der Waals surface area contributed by atoms with Crippen LogP contribution in [-0.2, 0) is 7.05 Å². The summed E-state index contributed by atoms with van der Waals surface area (Å²) in [7, 11) is 3.72. The highest BCUT2D eigenvalue weighted by molar-refractivity contribution is 6.30. The SMILES string of the molecule is COc1ccc(-c2cc(-c3nc4ccccc4n3C)[nH]c2-c2ccc(Cl)cc2)cc1. The fourth-order valence-corrected chi connectivity index (χ4v) is 3.93. The molecule has 0 radical (unpaired) electrons. The van der Waals surface area contributed by atoms with E-state index in [0.717, 1.165) is 50.7 Å². The van der Waals surface area contributed by atoms with E-state index < -0.39 is 0 Å². The van der Waals surface area contributed by atoms with E-state index in [9.17, 15) is 0 Å². The number of aromatic nitrogens is 3. The van der Waals surface area contributed by atoms with E-state index in [1.807, 2.05) is 61.6 Å². The number of aryl methyl sites for hydroxylation is 1. The average Bonchev–Trinajstić information content (AvgIpc) is 3.36. The molecular formula is C25H20ClN3O. The van der Waals surface area contributed by atoms with Gasteiger partial charge in [0.1, 0.15) is 5.75 Å². The van der Waals surface area contributed by atoms with Crippen LogP contribution in [0.2, 0.25) is 5.02 Å². The Morgan fingerprint density at radius 2 is 1.60 bits per heavy atom. The molecular weight excluding hydrogens is 394 g/mol. The molecule has 0 bridgehead atoms. The number of hydrogen-bond donors (Lipinski definition) is 1. The first-order valence-electron chi connectivity index (χ1n) is 9.69. The van der Waals surface area contributed by atoms with E-state index in [4.69, 9.17) is 21.3 Å². The van der Waals surface area contributed by atoms with Gasteiger partial charge in [0.25, 0.3) is 0 Å². The largest absolute Gasteiger partial charge is 0.497 e. The van der Waals surface area contributed by atoms with Crippen molar-refractivity contribution in [3.8, 4) is 39.7 Å². The molecule has 2 aromatic heterocycles. The second kappa shape index (κ2) is 7.39. The summed E-state index contributed by atoms with van der Waals surface area (Å²) < 4.78 is 7.44. The maximum atomic E-state index is 6.12. The van der Waals surface area contributed by atoms with E-state index in [2.05, 4.69) is 33.8 Å². The van der Waals surface area contributed by atoms with Gasteiger partial charge < -0.3 is 14.3 Å². The number of nitrogens with zero attached hydrogens (tertiary/aromatic N) is 2. The number of benzene rings is 3. The quantitative estimate of drug-likeness (QED) is 0.362. The van der Waals surface area contributed by atoms with Crippen molar-refractivity contribution in [3.63, 3.8) is 0 Å². The smallest absolute Gasteiger partial charge is 0.157 e. The Labute approximate surface area is 179 Å². The van der Waals surface area contributed by atoms with E-state index in [1.165, 1.54) is 0 Å². The van der Waals surface area contributed by atoms with Crippen LogP contribution < -0.4 is 4.74 Å². The first-order valence-corrected chi connectivity index (χ1v) is 10.1. The lowest BCUT2D eigenvalue weighted by molar-refractivity contribution is 0.415. The number of H-pyrrole nitrogens is 1. The third-order valence-electron chi connectivity index (χ3n) is 5.38. The standard InChI is InChI=1S/C25H20ClN3O/c1-29-23-6-4-3-5-21(23)28-25(29)22-15-20(16-9-13-19(30-2)14-10-16)24(27-22)17-7-11-18(26)12-8-17/h3-15,27H,1-2H3. The minimum Gasteiger partial charge on any atom is -0.497 e. The predicted octanol–water partition coefficient (Wildman–Crippen LogP) is 6.56. The molecule has 0 fully saturated rings. The van der Waals surface area contributed by atoms with Crippen molar-refractivity contribution in [2.75, 3.05) is 7.11 Å². The number of ether oxygens (including phenoxy) is 1. The highest BCUT2D eigenvalue weighted by Gasteiger charge is 2.17. The fourth-order valence-electron chi connectivity index (χ4n) is 3.80. The molecule has 0 spiro atoms. The molecule has 5 rings (SSSR count). The second-order valence-corrected chi connectivity index (χ2v) is 7.63. The third kappa shape index (κ3) is 3.15. The van der Waals surface area contributed by atoms with Crippen LogP contribution in [0.25, 0.3) is 44.9 Å². The number of aromatic amines is 1. The fraction of sp³-hybridized carbons (Fsp3) is 0.0800. The number of hydrogen-bond acceptors (Lipinski definition) is 2. The van der Waals surface area contributed by atoms with Gasteiger partial charge in [0.05, 0.1) is 29.5 Å². The maximum Gasteiger partial charge on any atom is 0.157 e. The zero-order valence-electron chi connectivity index (χ0n) is 16.7. The van der Waals surface area contributed by atoms with E-state index in [0.29, 0.717) is 5.02 Å². The molecule has 4 nitrogen and oxygen atoms in total. The third-order valence-corrected chi connectivity index (χ3v) is 5.63. The van der Waals surface area contributed by atoms with Crippen LogP contribution in [0.4, 0.5) is 0 Å². The Morgan fingerprint density at radius 3 is 2.30 bits per heavy atom. The maximum absolute atomic E-state index is 6.12. The van der Waals surface area contributed by atoms with Crippen LogP contribution in [0, 0.1) is 0 Å². The Kier molecular flexibility index (Phi) is 4.57. The monoisotopic (exact) mass is 413 g/mol. The van der Waals surface area contributed by atoms with Gasteiger partial charge in [-0.25, -0.2) is 4.98 Å². The van der Waals surface area contributed by atoms with Crippen molar-refractivity contribution < 1.29 is 4.74 Å². The van der Waals surface area contributed by atoms with Gasteiger partial charge in [-0.15, -0.1) is 0 Å². The Balaban J connectivity index is 1.70. The summed E-state index contributed by atoms with van der Waals surface area (Å²) in [6.45, 7) is 0. The number of para-hydroxylation sites is 2. The molecule has 0 amide bonds. The van der Waals surface area contributed by atoms with Crippen LogP contribution in [-0.4, -0.2) is 21.6 Å². The molecule has 2 heterocycles. The molecule has 5 aromatic rings. The molecule has 30 heavy (non-hydrogen) atoms. The molecule has 148 valence electrons. The van der Waals surface area contributed by atoms with Gasteiger partial charge >= 0.3 is 0 Å². The predicted molar refractivity (Wildman–Crippen MR) is 123 cm³/mol. The highest BCUT2D eigenvalue weighted by Crippen LogP contribution is 2.37. The molecule has 5 heteroatoms. The Bertz CT molecular complexity index is 1330. The number of halogens is 1. The van der Waals surface area contributed by atoms with Gasteiger partial charge in [-0.3, -0.25) is 0 Å². The van der Waals surface area contributed by atoms with Crippen LogP contribution in [0.1, 0.15) is 0 Å². The summed E-state index contributed by atoms with van der Waals surface area (Å²) >= 11 is 6.12. The minimum atomic E-state index is 0.715. The van der Waals surface area contributed by atoms with Crippen molar-refractivity contribution >= 4 is 22.6 Å². The van der Waals surface area contributed by atoms with E-state index in [-0.39, 0.29) is 0 Å². The molecule has 0 saturated heterocycles. The molecule has 3 aromatic carbocycles. The highest BCUT2D eigenvalue weighted by atomic mass is 35.5. The molecule has 0 saturated carbocycles. The van der Waals surface area contributed by atoms with Crippen molar-refractivity contribution in [3.05, 3.63) is 83.9 Å². The van der Waals surface area contributed by atoms with Gasteiger partial charge in [0.15, 0.2) is 5.82 Å². The molecule has 0 aliphatic carbocycles. The Morgan fingerprint density at radius 1 is 0.900 bits per heavy atom. The Hall–Kier alpha value is -3.50. The van der Waals surface area contributed by atoms with Crippen LogP contribution in [0.3, 0.4) is 0 Å². The van der Waals surface area contributed by atoms with Crippen molar-refractivity contribution in [1.82, 2.24) is 14.5 Å². The second-order valence-electron chi connectivity index (χ2n) is 7.19. The topological polar surface area (TPSA) is 42.8 Å². The molecule has 0 unspecified atom stereocenters. The van der Waals surface area contributed by atoms with Crippen LogP contribution in [0.15, 0.2) is 78.9 Å². The summed E-state index contributed by atoms with van der Waals surface area (Å²) in [5.74, 6) is 1.73. The van der Waals surface area contributed by atoms with Crippen LogP contribution in [0.5, 0.6) is 5.75 Å². The lowest BCUT2D eigenvalue weighted by atomic mass is 10.0. The first-order chi connectivity index (χ1) is 14.6. The van der Waals surface area contributed by atoms with Gasteiger partial charge in [0.2, 0.25) is 0 Å².